The predicted octanol–water partition coefficient (Wildman–Crippen LogP) is 1.29. The molecule has 0 aromatic carbocycles. The first-order chi connectivity index (χ1) is 4.59. The van der Waals surface area contributed by atoms with E-state index in [4.69, 9.17) is 5.11 Å². The van der Waals surface area contributed by atoms with Crippen LogP contribution in [0.4, 0.5) is 0 Å². The predicted molar refractivity (Wildman–Crippen MR) is 40.7 cm³/mol. The molecule has 0 aromatic rings. The fraction of sp³-hybridized carbons (Fsp3) is 0.625. The van der Waals surface area contributed by atoms with Gasteiger partial charge >= 0.3 is 0 Å². The minimum Gasteiger partial charge on any atom is -0.388 e. The Morgan fingerprint density at radius 3 is 2.50 bits per heavy atom. The van der Waals surface area contributed by atoms with Crippen LogP contribution in [0.2, 0.25) is 0 Å². The van der Waals surface area contributed by atoms with E-state index in [0.717, 1.165) is 6.42 Å². The second kappa shape index (κ2) is 4.23. The Labute approximate surface area is 61.6 Å². The zero-order chi connectivity index (χ0) is 8.15. The van der Waals surface area contributed by atoms with Gasteiger partial charge in [-0.25, -0.2) is 0 Å². The van der Waals surface area contributed by atoms with Gasteiger partial charge in [0.1, 0.15) is 0 Å². The Bertz CT molecular complexity index is 138. The highest BCUT2D eigenvalue weighted by atomic mass is 16.3. The SMILES string of the molecule is C=C(C(C)=O)[C@H](O)CCC. The number of rotatable bonds is 4. The number of hydrogen-bond acceptors (Lipinski definition) is 2. The maximum atomic E-state index is 10.6. The number of Topliss-reactive ketones (excluding diaryl/α,β-unsaturated/α-hetero) is 1. The van der Waals surface area contributed by atoms with E-state index < -0.39 is 6.10 Å². The molecule has 0 saturated heterocycles. The lowest BCUT2D eigenvalue weighted by atomic mass is 10.0. The number of carbonyl (C=O) groups excluding carboxylic acids is 1. The topological polar surface area (TPSA) is 37.3 Å². The van der Waals surface area contributed by atoms with Crippen molar-refractivity contribution in [3.8, 4) is 0 Å². The average Bonchev–Trinajstić information content (AvgIpc) is 1.87. The normalized spacial score (nSPS) is 12.7. The van der Waals surface area contributed by atoms with Gasteiger partial charge in [0.15, 0.2) is 5.78 Å². The van der Waals surface area contributed by atoms with Crippen molar-refractivity contribution < 1.29 is 9.90 Å². The van der Waals surface area contributed by atoms with Gasteiger partial charge in [0.05, 0.1) is 6.10 Å². The number of aliphatic hydroxyl groups is 1. The van der Waals surface area contributed by atoms with Gasteiger partial charge in [0.2, 0.25) is 0 Å². The fourth-order valence-corrected chi connectivity index (χ4v) is 0.682. The molecule has 0 spiro atoms. The number of aliphatic hydroxyl groups excluding tert-OH is 1. The summed E-state index contributed by atoms with van der Waals surface area (Å²) in [6, 6.07) is 0. The lowest BCUT2D eigenvalue weighted by Gasteiger charge is -2.08. The quantitative estimate of drug-likeness (QED) is 0.600. The lowest BCUT2D eigenvalue weighted by molar-refractivity contribution is -0.114. The molecule has 0 bridgehead atoms. The van der Waals surface area contributed by atoms with Gasteiger partial charge in [0.25, 0.3) is 0 Å². The minimum absolute atomic E-state index is 0.124. The molecule has 0 fully saturated rings. The van der Waals surface area contributed by atoms with Crippen LogP contribution in [0.5, 0.6) is 0 Å². The van der Waals surface area contributed by atoms with E-state index in [2.05, 4.69) is 6.58 Å². The molecule has 0 rings (SSSR count). The van der Waals surface area contributed by atoms with E-state index in [0.29, 0.717) is 12.0 Å². The molecular weight excluding hydrogens is 128 g/mol. The van der Waals surface area contributed by atoms with E-state index in [1.165, 1.54) is 6.92 Å². The minimum atomic E-state index is -0.637. The molecule has 10 heavy (non-hydrogen) atoms. The molecule has 0 aliphatic heterocycles. The van der Waals surface area contributed by atoms with Crippen LogP contribution >= 0.6 is 0 Å². The Kier molecular flexibility index (Phi) is 3.96. The van der Waals surface area contributed by atoms with Gasteiger partial charge in [-0.05, 0) is 13.3 Å². The smallest absolute Gasteiger partial charge is 0.157 e. The Morgan fingerprint density at radius 2 is 2.20 bits per heavy atom. The zero-order valence-corrected chi connectivity index (χ0v) is 6.55. The van der Waals surface area contributed by atoms with Gasteiger partial charge in [0, 0.05) is 5.57 Å². The Morgan fingerprint density at radius 1 is 1.70 bits per heavy atom. The van der Waals surface area contributed by atoms with E-state index >= 15 is 0 Å². The molecule has 1 atom stereocenters. The van der Waals surface area contributed by atoms with Crippen molar-refractivity contribution in [2.75, 3.05) is 0 Å². The summed E-state index contributed by atoms with van der Waals surface area (Å²) in [6.07, 6.45) is 0.855. The van der Waals surface area contributed by atoms with E-state index in [-0.39, 0.29) is 5.78 Å². The first-order valence-corrected chi connectivity index (χ1v) is 3.47. The van der Waals surface area contributed by atoms with Gasteiger partial charge in [-0.3, -0.25) is 4.79 Å². The first kappa shape index (κ1) is 9.37. The molecule has 0 aromatic heterocycles. The maximum absolute atomic E-state index is 10.6. The lowest BCUT2D eigenvalue weighted by Crippen LogP contribution is -2.14. The van der Waals surface area contributed by atoms with Crippen molar-refractivity contribution in [3.05, 3.63) is 12.2 Å². The number of carbonyl (C=O) groups is 1. The average molecular weight is 142 g/mol. The van der Waals surface area contributed by atoms with Crippen LogP contribution in [-0.2, 0) is 4.79 Å². The van der Waals surface area contributed by atoms with Crippen LogP contribution in [0.1, 0.15) is 26.7 Å². The molecule has 0 saturated carbocycles. The summed E-state index contributed by atoms with van der Waals surface area (Å²) in [6.45, 7) is 6.85. The maximum Gasteiger partial charge on any atom is 0.157 e. The van der Waals surface area contributed by atoms with Gasteiger partial charge in [-0.2, -0.15) is 0 Å². The summed E-state index contributed by atoms with van der Waals surface area (Å²) in [4.78, 5) is 10.6. The number of ketones is 1. The molecule has 1 N–H and O–H groups in total. The molecule has 2 nitrogen and oxygen atoms in total. The highest BCUT2D eigenvalue weighted by Gasteiger charge is 2.10. The summed E-state index contributed by atoms with van der Waals surface area (Å²) in [5, 5.41) is 9.17. The van der Waals surface area contributed by atoms with Crippen LogP contribution in [0.15, 0.2) is 12.2 Å². The molecule has 58 valence electrons. The molecular formula is C8H14O2. The van der Waals surface area contributed by atoms with Crippen molar-refractivity contribution in [2.45, 2.75) is 32.8 Å². The zero-order valence-electron chi connectivity index (χ0n) is 6.55. The molecule has 0 amide bonds. The summed E-state index contributed by atoms with van der Waals surface area (Å²) < 4.78 is 0. The van der Waals surface area contributed by atoms with Crippen molar-refractivity contribution in [2.24, 2.45) is 0 Å². The molecule has 0 unspecified atom stereocenters. The summed E-state index contributed by atoms with van der Waals surface area (Å²) in [5.41, 5.74) is 0.321. The van der Waals surface area contributed by atoms with Gasteiger partial charge in [-0.1, -0.05) is 19.9 Å². The highest BCUT2D eigenvalue weighted by Crippen LogP contribution is 2.06. The van der Waals surface area contributed by atoms with Gasteiger partial charge < -0.3 is 5.11 Å². The third-order valence-corrected chi connectivity index (χ3v) is 1.42. The first-order valence-electron chi connectivity index (χ1n) is 3.47. The highest BCUT2D eigenvalue weighted by molar-refractivity contribution is 5.93. The van der Waals surface area contributed by atoms with Crippen molar-refractivity contribution in [3.63, 3.8) is 0 Å². The molecule has 0 radical (unpaired) electrons. The van der Waals surface area contributed by atoms with E-state index in [9.17, 15) is 4.79 Å². The molecule has 0 heterocycles. The van der Waals surface area contributed by atoms with Crippen LogP contribution in [0.25, 0.3) is 0 Å². The van der Waals surface area contributed by atoms with Crippen LogP contribution in [0, 0.1) is 0 Å². The Hall–Kier alpha value is -0.630. The third kappa shape index (κ3) is 2.78. The van der Waals surface area contributed by atoms with Crippen molar-refractivity contribution >= 4 is 5.78 Å². The Balaban J connectivity index is 3.82. The van der Waals surface area contributed by atoms with Crippen molar-refractivity contribution in [1.82, 2.24) is 0 Å². The summed E-state index contributed by atoms with van der Waals surface area (Å²) in [7, 11) is 0. The molecule has 0 aliphatic carbocycles. The largest absolute Gasteiger partial charge is 0.388 e. The fourth-order valence-electron chi connectivity index (χ4n) is 0.682. The second-order valence-corrected chi connectivity index (χ2v) is 2.39. The standard InChI is InChI=1S/C8H14O2/c1-4-5-8(10)6(2)7(3)9/h8,10H,2,4-5H2,1,3H3/t8-/m1/s1. The van der Waals surface area contributed by atoms with E-state index in [1.54, 1.807) is 0 Å². The number of hydrogen-bond donors (Lipinski definition) is 1. The van der Waals surface area contributed by atoms with E-state index in [1.807, 2.05) is 6.92 Å². The second-order valence-electron chi connectivity index (χ2n) is 2.39. The monoisotopic (exact) mass is 142 g/mol. The van der Waals surface area contributed by atoms with Gasteiger partial charge in [-0.15, -0.1) is 0 Å². The van der Waals surface area contributed by atoms with Crippen LogP contribution in [-0.4, -0.2) is 17.0 Å². The summed E-state index contributed by atoms with van der Waals surface area (Å²) in [5.74, 6) is -0.124. The molecule has 2 heteroatoms. The summed E-state index contributed by atoms with van der Waals surface area (Å²) >= 11 is 0. The van der Waals surface area contributed by atoms with Crippen LogP contribution < -0.4 is 0 Å². The molecule has 0 aliphatic rings. The third-order valence-electron chi connectivity index (χ3n) is 1.42. The van der Waals surface area contributed by atoms with Crippen molar-refractivity contribution in [1.29, 1.82) is 0 Å². The van der Waals surface area contributed by atoms with Crippen LogP contribution in [0.3, 0.4) is 0 Å².